The molecule has 0 N–H and O–H groups in total. The van der Waals surface area contributed by atoms with Gasteiger partial charge < -0.3 is 4.74 Å². The van der Waals surface area contributed by atoms with Crippen molar-refractivity contribution in [3.8, 4) is 11.5 Å². The number of aryl methyl sites for hydroxylation is 1. The molecule has 0 amide bonds. The molecule has 0 bridgehead atoms. The Kier molecular flexibility index (Phi) is 4.02. The highest BCUT2D eigenvalue weighted by molar-refractivity contribution is 9.08. The van der Waals surface area contributed by atoms with Gasteiger partial charge in [-0.15, -0.1) is 0 Å². The number of rotatable bonds is 3. The molecule has 0 radical (unpaired) electrons. The van der Waals surface area contributed by atoms with Gasteiger partial charge in [-0.25, -0.2) is 4.39 Å². The van der Waals surface area contributed by atoms with E-state index in [1.807, 2.05) is 32.0 Å². The van der Waals surface area contributed by atoms with Crippen LogP contribution in [0.2, 0.25) is 0 Å². The van der Waals surface area contributed by atoms with E-state index in [2.05, 4.69) is 15.9 Å². The average molecular weight is 309 g/mol. The summed E-state index contributed by atoms with van der Waals surface area (Å²) in [6.07, 6.45) is 0. The first kappa shape index (κ1) is 13.1. The minimum Gasteiger partial charge on any atom is -0.457 e. The molecule has 0 unspecified atom stereocenters. The summed E-state index contributed by atoms with van der Waals surface area (Å²) in [4.78, 5) is 0. The van der Waals surface area contributed by atoms with Crippen molar-refractivity contribution in [3.05, 3.63) is 58.9 Å². The van der Waals surface area contributed by atoms with Crippen LogP contribution in [0.25, 0.3) is 0 Å². The van der Waals surface area contributed by atoms with Gasteiger partial charge in [0.1, 0.15) is 17.3 Å². The summed E-state index contributed by atoms with van der Waals surface area (Å²) in [6, 6.07) is 10.7. The van der Waals surface area contributed by atoms with Crippen molar-refractivity contribution in [2.24, 2.45) is 0 Å². The van der Waals surface area contributed by atoms with Crippen LogP contribution in [-0.2, 0) is 5.33 Å². The highest BCUT2D eigenvalue weighted by atomic mass is 79.9. The third-order valence-corrected chi connectivity index (χ3v) is 3.55. The number of alkyl halides is 1. The number of halogens is 2. The quantitative estimate of drug-likeness (QED) is 0.714. The average Bonchev–Trinajstić information content (AvgIpc) is 2.35. The van der Waals surface area contributed by atoms with Gasteiger partial charge in [0.25, 0.3) is 0 Å². The molecule has 3 heteroatoms. The minimum absolute atomic E-state index is 0.255. The van der Waals surface area contributed by atoms with E-state index in [0.717, 1.165) is 16.9 Å². The third kappa shape index (κ3) is 2.56. The van der Waals surface area contributed by atoms with Crippen LogP contribution in [0.15, 0.2) is 36.4 Å². The van der Waals surface area contributed by atoms with Gasteiger partial charge in [-0.2, -0.15) is 0 Å². The van der Waals surface area contributed by atoms with Crippen LogP contribution in [-0.4, -0.2) is 0 Å². The van der Waals surface area contributed by atoms with Crippen LogP contribution in [0, 0.1) is 19.7 Å². The van der Waals surface area contributed by atoms with Gasteiger partial charge in [0.05, 0.1) is 0 Å². The van der Waals surface area contributed by atoms with Gasteiger partial charge in [-0.3, -0.25) is 0 Å². The van der Waals surface area contributed by atoms with Gasteiger partial charge in [-0.1, -0.05) is 34.1 Å². The van der Waals surface area contributed by atoms with Crippen molar-refractivity contribution in [3.63, 3.8) is 0 Å². The summed E-state index contributed by atoms with van der Waals surface area (Å²) in [5.41, 5.74) is 2.77. The molecule has 0 saturated carbocycles. The van der Waals surface area contributed by atoms with Crippen LogP contribution in [0.3, 0.4) is 0 Å². The minimum atomic E-state index is -0.255. The first-order valence-electron chi connectivity index (χ1n) is 5.71. The monoisotopic (exact) mass is 308 g/mol. The molecule has 0 spiro atoms. The molecule has 0 aliphatic carbocycles. The molecule has 0 heterocycles. The lowest BCUT2D eigenvalue weighted by Crippen LogP contribution is -1.95. The van der Waals surface area contributed by atoms with Gasteiger partial charge in [0, 0.05) is 10.9 Å². The third-order valence-electron chi connectivity index (χ3n) is 2.98. The second-order valence-electron chi connectivity index (χ2n) is 4.15. The lowest BCUT2D eigenvalue weighted by molar-refractivity contribution is 0.467. The normalized spacial score (nSPS) is 10.4. The second-order valence-corrected chi connectivity index (χ2v) is 4.71. The van der Waals surface area contributed by atoms with Crippen molar-refractivity contribution < 1.29 is 9.13 Å². The van der Waals surface area contributed by atoms with Gasteiger partial charge in [-0.05, 0) is 43.2 Å². The second kappa shape index (κ2) is 5.53. The zero-order valence-electron chi connectivity index (χ0n) is 10.3. The van der Waals surface area contributed by atoms with Crippen LogP contribution < -0.4 is 4.74 Å². The summed E-state index contributed by atoms with van der Waals surface area (Å²) in [6.45, 7) is 4.02. The fourth-order valence-electron chi connectivity index (χ4n) is 1.72. The number of hydrogen-bond acceptors (Lipinski definition) is 1. The maximum absolute atomic E-state index is 13.6. The van der Waals surface area contributed by atoms with Crippen LogP contribution in [0.1, 0.15) is 16.7 Å². The Bertz CT molecular complexity index is 566. The molecule has 0 aliphatic heterocycles. The molecule has 1 nitrogen and oxygen atoms in total. The lowest BCUT2D eigenvalue weighted by Gasteiger charge is -2.13. The largest absolute Gasteiger partial charge is 0.457 e. The van der Waals surface area contributed by atoms with Crippen molar-refractivity contribution >= 4 is 15.9 Å². The van der Waals surface area contributed by atoms with Crippen molar-refractivity contribution in [1.29, 1.82) is 0 Å². The van der Waals surface area contributed by atoms with E-state index >= 15 is 0 Å². The Balaban J connectivity index is 2.40. The summed E-state index contributed by atoms with van der Waals surface area (Å²) in [7, 11) is 0. The molecular weight excluding hydrogens is 295 g/mol. The maximum Gasteiger partial charge on any atom is 0.134 e. The number of ether oxygens (including phenoxy) is 1. The van der Waals surface area contributed by atoms with Crippen LogP contribution >= 0.6 is 15.9 Å². The molecular formula is C15H14BrFO. The Morgan fingerprint density at radius 2 is 1.72 bits per heavy atom. The molecule has 0 aromatic heterocycles. The molecule has 0 saturated heterocycles. The van der Waals surface area contributed by atoms with Gasteiger partial charge in [0.15, 0.2) is 0 Å². The predicted octanol–water partition coefficient (Wildman–Crippen LogP) is 5.13. The molecule has 18 heavy (non-hydrogen) atoms. The summed E-state index contributed by atoms with van der Waals surface area (Å²) in [5.74, 6) is 1.07. The molecule has 0 aliphatic rings. The Labute approximate surface area is 115 Å². The highest BCUT2D eigenvalue weighted by Gasteiger charge is 2.10. The molecule has 0 fully saturated rings. The number of hydrogen-bond donors (Lipinski definition) is 0. The van der Waals surface area contributed by atoms with E-state index in [1.54, 1.807) is 12.1 Å². The predicted molar refractivity (Wildman–Crippen MR) is 75.0 cm³/mol. The highest BCUT2D eigenvalue weighted by Crippen LogP contribution is 2.31. The standard InChI is InChI=1S/C15H14BrFO/c1-10-5-3-7-14(11(10)2)18-15-8-4-6-13(17)12(15)9-16/h3-8H,9H2,1-2H3. The first-order chi connectivity index (χ1) is 8.63. The fraction of sp³-hybridized carbons (Fsp3) is 0.200. The van der Waals surface area contributed by atoms with E-state index in [1.165, 1.54) is 6.07 Å². The van der Waals surface area contributed by atoms with E-state index in [4.69, 9.17) is 4.74 Å². The Morgan fingerprint density at radius 3 is 2.44 bits per heavy atom. The van der Waals surface area contributed by atoms with Crippen LogP contribution in [0.5, 0.6) is 11.5 Å². The van der Waals surface area contributed by atoms with Crippen molar-refractivity contribution in [2.45, 2.75) is 19.2 Å². The summed E-state index contributed by atoms with van der Waals surface area (Å²) >= 11 is 3.29. The number of benzene rings is 2. The van der Waals surface area contributed by atoms with Gasteiger partial charge >= 0.3 is 0 Å². The van der Waals surface area contributed by atoms with Crippen molar-refractivity contribution in [1.82, 2.24) is 0 Å². The van der Waals surface area contributed by atoms with Crippen molar-refractivity contribution in [2.75, 3.05) is 0 Å². The SMILES string of the molecule is Cc1cccc(Oc2cccc(F)c2CBr)c1C. The Morgan fingerprint density at radius 1 is 1.06 bits per heavy atom. The first-order valence-corrected chi connectivity index (χ1v) is 6.83. The smallest absolute Gasteiger partial charge is 0.134 e. The zero-order valence-corrected chi connectivity index (χ0v) is 11.9. The topological polar surface area (TPSA) is 9.23 Å². The Hall–Kier alpha value is -1.35. The van der Waals surface area contributed by atoms with E-state index < -0.39 is 0 Å². The molecule has 94 valence electrons. The summed E-state index contributed by atoms with van der Waals surface area (Å²) < 4.78 is 19.4. The molecule has 2 aromatic rings. The summed E-state index contributed by atoms with van der Waals surface area (Å²) in [5, 5.41) is 0.430. The van der Waals surface area contributed by atoms with E-state index in [-0.39, 0.29) is 5.82 Å². The van der Waals surface area contributed by atoms with E-state index in [9.17, 15) is 4.39 Å². The fourth-order valence-corrected chi connectivity index (χ4v) is 2.26. The van der Waals surface area contributed by atoms with E-state index in [0.29, 0.717) is 16.6 Å². The van der Waals surface area contributed by atoms with Crippen LogP contribution in [0.4, 0.5) is 4.39 Å². The molecule has 0 atom stereocenters. The van der Waals surface area contributed by atoms with Gasteiger partial charge in [0.2, 0.25) is 0 Å². The zero-order chi connectivity index (χ0) is 13.1. The maximum atomic E-state index is 13.6. The molecule has 2 aromatic carbocycles. The lowest BCUT2D eigenvalue weighted by atomic mass is 10.1. The molecule has 2 rings (SSSR count).